The summed E-state index contributed by atoms with van der Waals surface area (Å²) >= 11 is 0.817. The minimum atomic E-state index is -2.57. The summed E-state index contributed by atoms with van der Waals surface area (Å²) in [7, 11) is 0. The molecule has 1 aliphatic carbocycles. The maximum atomic E-state index is 12.8. The van der Waals surface area contributed by atoms with Gasteiger partial charge < -0.3 is 9.88 Å². The molecule has 1 saturated heterocycles. The van der Waals surface area contributed by atoms with Crippen LogP contribution in [0, 0.1) is 5.41 Å². The van der Waals surface area contributed by atoms with Gasteiger partial charge in [0.25, 0.3) is 12.3 Å². The van der Waals surface area contributed by atoms with Crippen LogP contribution in [0.4, 0.5) is 14.7 Å². The highest BCUT2D eigenvalue weighted by Crippen LogP contribution is 2.53. The zero-order valence-corrected chi connectivity index (χ0v) is 15.9. The quantitative estimate of drug-likeness (QED) is 0.670. The maximum absolute atomic E-state index is 12.8. The fraction of sp³-hybridized carbons (Fsp3) is 0.400. The normalized spacial score (nSPS) is 24.2. The molecule has 8 heteroatoms. The average Bonchev–Trinajstić information content (AvgIpc) is 3.38. The number of rotatable bonds is 4. The van der Waals surface area contributed by atoms with Crippen LogP contribution in [0.2, 0.25) is 0 Å². The standard InChI is InChI=1S/C20H20F2N4OS/c21-17(22)15-5-6-16(28-15)18(27)25-19-24-13-3-1-2-4-14(13)26(19)12-9-20(10-12)7-8-23-11-20/h1-6,12,17,23H,7-11H2,(H,24,25,27)/t12-,20-. The first kappa shape index (κ1) is 17.8. The molecule has 2 fully saturated rings. The van der Waals surface area contributed by atoms with Crippen LogP contribution in [0.25, 0.3) is 11.0 Å². The molecule has 5 nitrogen and oxygen atoms in total. The number of fused-ring (bicyclic) bond motifs is 1. The summed E-state index contributed by atoms with van der Waals surface area (Å²) < 4.78 is 27.8. The molecule has 1 saturated carbocycles. The van der Waals surface area contributed by atoms with E-state index in [9.17, 15) is 13.6 Å². The molecule has 2 aromatic heterocycles. The van der Waals surface area contributed by atoms with E-state index in [0.29, 0.717) is 11.4 Å². The van der Waals surface area contributed by atoms with Gasteiger partial charge in [-0.3, -0.25) is 10.1 Å². The molecule has 1 aromatic carbocycles. The number of anilines is 1. The Bertz CT molecular complexity index is 1030. The van der Waals surface area contributed by atoms with Crippen LogP contribution in [0.3, 0.4) is 0 Å². The van der Waals surface area contributed by atoms with Gasteiger partial charge >= 0.3 is 0 Å². The van der Waals surface area contributed by atoms with Crippen molar-refractivity contribution < 1.29 is 13.6 Å². The number of carbonyl (C=O) groups excluding carboxylic acids is 1. The fourth-order valence-electron chi connectivity index (χ4n) is 4.52. The number of halogens is 2. The Morgan fingerprint density at radius 3 is 2.82 bits per heavy atom. The number of carbonyl (C=O) groups is 1. The van der Waals surface area contributed by atoms with Crippen molar-refractivity contribution in [2.75, 3.05) is 18.4 Å². The molecule has 0 atom stereocenters. The Morgan fingerprint density at radius 2 is 2.11 bits per heavy atom. The van der Waals surface area contributed by atoms with Gasteiger partial charge in [-0.2, -0.15) is 0 Å². The van der Waals surface area contributed by atoms with Crippen molar-refractivity contribution in [1.82, 2.24) is 14.9 Å². The van der Waals surface area contributed by atoms with E-state index in [2.05, 4.69) is 20.2 Å². The number of hydrogen-bond acceptors (Lipinski definition) is 4. The minimum absolute atomic E-state index is 0.103. The summed E-state index contributed by atoms with van der Waals surface area (Å²) in [5, 5.41) is 6.30. The van der Waals surface area contributed by atoms with Crippen molar-refractivity contribution in [2.45, 2.75) is 31.7 Å². The summed E-state index contributed by atoms with van der Waals surface area (Å²) in [5.74, 6) is 0.0917. The van der Waals surface area contributed by atoms with Crippen LogP contribution in [0.1, 0.15) is 46.3 Å². The zero-order valence-electron chi connectivity index (χ0n) is 15.1. The van der Waals surface area contributed by atoms with E-state index < -0.39 is 12.3 Å². The van der Waals surface area contributed by atoms with Crippen LogP contribution < -0.4 is 10.6 Å². The molecule has 5 rings (SSSR count). The van der Waals surface area contributed by atoms with Crippen LogP contribution in [-0.4, -0.2) is 28.5 Å². The number of para-hydroxylation sites is 2. The van der Waals surface area contributed by atoms with Crippen molar-refractivity contribution in [3.05, 3.63) is 46.2 Å². The van der Waals surface area contributed by atoms with E-state index in [1.807, 2.05) is 24.3 Å². The lowest BCUT2D eigenvalue weighted by Gasteiger charge is -2.46. The molecule has 2 aliphatic rings. The molecule has 3 heterocycles. The smallest absolute Gasteiger partial charge is 0.272 e. The first-order valence-electron chi connectivity index (χ1n) is 9.42. The van der Waals surface area contributed by atoms with Gasteiger partial charge in [0.2, 0.25) is 5.95 Å². The minimum Gasteiger partial charge on any atom is -0.316 e. The van der Waals surface area contributed by atoms with Crippen molar-refractivity contribution in [2.24, 2.45) is 5.41 Å². The number of imidazole rings is 1. The van der Waals surface area contributed by atoms with Gasteiger partial charge in [0.1, 0.15) is 0 Å². The Hall–Kier alpha value is -2.32. The van der Waals surface area contributed by atoms with E-state index in [0.717, 1.165) is 48.3 Å². The first-order chi connectivity index (χ1) is 13.5. The van der Waals surface area contributed by atoms with E-state index in [1.165, 1.54) is 18.6 Å². The Balaban J connectivity index is 1.44. The number of amides is 1. The van der Waals surface area contributed by atoms with Crippen LogP contribution in [-0.2, 0) is 0 Å². The van der Waals surface area contributed by atoms with Crippen molar-refractivity contribution >= 4 is 34.2 Å². The van der Waals surface area contributed by atoms with Gasteiger partial charge in [-0.1, -0.05) is 12.1 Å². The number of thiophene rings is 1. The number of aromatic nitrogens is 2. The topological polar surface area (TPSA) is 59.0 Å². The Kier molecular flexibility index (Phi) is 4.21. The lowest BCUT2D eigenvalue weighted by Crippen LogP contribution is -2.40. The second-order valence-electron chi connectivity index (χ2n) is 7.74. The van der Waals surface area contributed by atoms with Gasteiger partial charge in [0, 0.05) is 12.6 Å². The van der Waals surface area contributed by atoms with Crippen molar-refractivity contribution in [1.29, 1.82) is 0 Å². The molecule has 1 amide bonds. The van der Waals surface area contributed by atoms with Gasteiger partial charge in [-0.25, -0.2) is 13.8 Å². The number of benzene rings is 1. The first-order valence-corrected chi connectivity index (χ1v) is 10.2. The lowest BCUT2D eigenvalue weighted by molar-refractivity contribution is 0.0874. The third-order valence-corrected chi connectivity index (χ3v) is 7.01. The fourth-order valence-corrected chi connectivity index (χ4v) is 5.28. The Morgan fingerprint density at radius 1 is 1.29 bits per heavy atom. The second kappa shape index (κ2) is 6.63. The zero-order chi connectivity index (χ0) is 19.3. The van der Waals surface area contributed by atoms with E-state index in [4.69, 9.17) is 0 Å². The third-order valence-electron chi connectivity index (χ3n) is 5.92. The second-order valence-corrected chi connectivity index (χ2v) is 8.86. The monoisotopic (exact) mass is 402 g/mol. The molecular formula is C20H20F2N4OS. The molecule has 3 aromatic rings. The van der Waals surface area contributed by atoms with Gasteiger partial charge in [-0.15, -0.1) is 11.3 Å². The van der Waals surface area contributed by atoms with Crippen LogP contribution >= 0.6 is 11.3 Å². The molecule has 0 radical (unpaired) electrons. The number of nitrogens with one attached hydrogen (secondary N) is 2. The predicted octanol–water partition coefficient (Wildman–Crippen LogP) is 4.60. The molecule has 0 bridgehead atoms. The van der Waals surface area contributed by atoms with E-state index in [1.54, 1.807) is 0 Å². The summed E-state index contributed by atoms with van der Waals surface area (Å²) in [6.07, 6.45) is 0.723. The molecule has 0 unspecified atom stereocenters. The molecule has 1 aliphatic heterocycles. The average molecular weight is 402 g/mol. The Labute approximate surface area is 164 Å². The van der Waals surface area contributed by atoms with Gasteiger partial charge in [-0.05, 0) is 55.5 Å². The number of hydrogen-bond donors (Lipinski definition) is 2. The molecule has 146 valence electrons. The van der Waals surface area contributed by atoms with E-state index >= 15 is 0 Å². The SMILES string of the molecule is O=C(Nc1nc2ccccc2n1[C@H]1C[C@@]2(CCNC2)C1)c1ccc(C(F)F)s1. The molecular weight excluding hydrogens is 382 g/mol. The molecule has 28 heavy (non-hydrogen) atoms. The lowest BCUT2D eigenvalue weighted by atomic mass is 9.65. The highest BCUT2D eigenvalue weighted by molar-refractivity contribution is 7.14. The molecule has 1 spiro atoms. The van der Waals surface area contributed by atoms with Crippen molar-refractivity contribution in [3.63, 3.8) is 0 Å². The third kappa shape index (κ3) is 2.91. The van der Waals surface area contributed by atoms with Gasteiger partial charge in [0.05, 0.1) is 20.8 Å². The predicted molar refractivity (Wildman–Crippen MR) is 105 cm³/mol. The van der Waals surface area contributed by atoms with Crippen LogP contribution in [0.5, 0.6) is 0 Å². The largest absolute Gasteiger partial charge is 0.316 e. The van der Waals surface area contributed by atoms with Gasteiger partial charge in [0.15, 0.2) is 0 Å². The highest BCUT2D eigenvalue weighted by Gasteiger charge is 2.47. The van der Waals surface area contributed by atoms with Crippen molar-refractivity contribution in [3.8, 4) is 0 Å². The summed E-state index contributed by atoms with van der Waals surface area (Å²) in [6.45, 7) is 2.11. The number of alkyl halides is 2. The highest BCUT2D eigenvalue weighted by atomic mass is 32.1. The van der Waals surface area contributed by atoms with E-state index in [-0.39, 0.29) is 15.8 Å². The number of nitrogens with zero attached hydrogens (tertiary/aromatic N) is 2. The summed E-state index contributed by atoms with van der Waals surface area (Å²) in [4.78, 5) is 17.4. The summed E-state index contributed by atoms with van der Waals surface area (Å²) in [5.41, 5.74) is 2.17. The molecule has 2 N–H and O–H groups in total. The van der Waals surface area contributed by atoms with Crippen LogP contribution in [0.15, 0.2) is 36.4 Å². The maximum Gasteiger partial charge on any atom is 0.272 e. The summed E-state index contributed by atoms with van der Waals surface area (Å²) in [6, 6.07) is 10.8.